The highest BCUT2D eigenvalue weighted by atomic mass is 32.2. The maximum absolute atomic E-state index is 12.4. The van der Waals surface area contributed by atoms with Crippen molar-refractivity contribution in [2.45, 2.75) is 17.9 Å². The molecule has 9 nitrogen and oxygen atoms in total. The number of sulfonamides is 1. The molecule has 0 radical (unpaired) electrons. The van der Waals surface area contributed by atoms with Crippen LogP contribution in [-0.4, -0.2) is 64.1 Å². The van der Waals surface area contributed by atoms with E-state index in [9.17, 15) is 18.0 Å². The van der Waals surface area contributed by atoms with Gasteiger partial charge in [-0.15, -0.1) is 0 Å². The summed E-state index contributed by atoms with van der Waals surface area (Å²) in [6.07, 6.45) is -0.640. The highest BCUT2D eigenvalue weighted by Crippen LogP contribution is 2.31. The third-order valence-corrected chi connectivity index (χ3v) is 5.37. The summed E-state index contributed by atoms with van der Waals surface area (Å²) in [5.41, 5.74) is 0.283. The third kappa shape index (κ3) is 3.91. The standard InChI is InChI=1S/C15H19N3O6S/c1-10-15(20)17-12-8-11(2-3-13(12)24-10)25(21,22)16-9-14(19)18-4-6-23-7-5-18/h2-3,8,10,16H,4-7,9H2,1H3,(H,17,20)/t10-/m0/s1. The van der Waals surface area contributed by atoms with Crippen LogP contribution >= 0.6 is 0 Å². The smallest absolute Gasteiger partial charge is 0.265 e. The largest absolute Gasteiger partial charge is 0.479 e. The molecule has 1 fully saturated rings. The molecule has 10 heteroatoms. The van der Waals surface area contributed by atoms with Crippen molar-refractivity contribution < 1.29 is 27.5 Å². The lowest BCUT2D eigenvalue weighted by Crippen LogP contribution is -2.45. The van der Waals surface area contributed by atoms with E-state index in [0.29, 0.717) is 32.1 Å². The summed E-state index contributed by atoms with van der Waals surface area (Å²) in [6.45, 7) is 3.05. The van der Waals surface area contributed by atoms with E-state index in [0.717, 1.165) is 0 Å². The molecule has 1 aromatic rings. The van der Waals surface area contributed by atoms with Crippen molar-refractivity contribution >= 4 is 27.5 Å². The minimum Gasteiger partial charge on any atom is -0.479 e. The number of nitrogens with one attached hydrogen (secondary N) is 2. The van der Waals surface area contributed by atoms with Gasteiger partial charge in [0.25, 0.3) is 5.91 Å². The van der Waals surface area contributed by atoms with Crippen molar-refractivity contribution in [1.29, 1.82) is 0 Å². The Bertz CT molecular complexity index is 788. The van der Waals surface area contributed by atoms with E-state index in [1.807, 2.05) is 0 Å². The summed E-state index contributed by atoms with van der Waals surface area (Å²) in [6, 6.07) is 4.15. The van der Waals surface area contributed by atoms with E-state index < -0.39 is 16.1 Å². The van der Waals surface area contributed by atoms with Gasteiger partial charge in [-0.25, -0.2) is 13.1 Å². The molecule has 2 aliphatic rings. The molecule has 2 amide bonds. The first-order valence-electron chi connectivity index (χ1n) is 7.83. The molecule has 0 spiro atoms. The Morgan fingerprint density at radius 3 is 2.80 bits per heavy atom. The topological polar surface area (TPSA) is 114 Å². The van der Waals surface area contributed by atoms with Crippen LogP contribution in [0.25, 0.3) is 0 Å². The molecule has 0 unspecified atom stereocenters. The van der Waals surface area contributed by atoms with Gasteiger partial charge in [-0.05, 0) is 25.1 Å². The van der Waals surface area contributed by atoms with Gasteiger partial charge in [0.1, 0.15) is 5.75 Å². The average molecular weight is 369 g/mol. The molecule has 25 heavy (non-hydrogen) atoms. The second kappa shape index (κ2) is 6.98. The molecule has 1 aromatic carbocycles. The molecule has 2 N–H and O–H groups in total. The fraction of sp³-hybridized carbons (Fsp3) is 0.467. The summed E-state index contributed by atoms with van der Waals surface area (Å²) >= 11 is 0. The number of fused-ring (bicyclic) bond motifs is 1. The van der Waals surface area contributed by atoms with Gasteiger partial charge in [0.05, 0.1) is 30.3 Å². The van der Waals surface area contributed by atoms with Gasteiger partial charge in [0, 0.05) is 13.1 Å². The van der Waals surface area contributed by atoms with Crippen LogP contribution in [0.4, 0.5) is 5.69 Å². The van der Waals surface area contributed by atoms with Crippen LogP contribution in [0.1, 0.15) is 6.92 Å². The number of benzene rings is 1. The van der Waals surface area contributed by atoms with Crippen LogP contribution in [0.15, 0.2) is 23.1 Å². The number of rotatable bonds is 4. The number of hydrogen-bond acceptors (Lipinski definition) is 6. The van der Waals surface area contributed by atoms with Gasteiger partial charge >= 0.3 is 0 Å². The van der Waals surface area contributed by atoms with Gasteiger partial charge in [0.15, 0.2) is 6.10 Å². The van der Waals surface area contributed by atoms with Crippen molar-refractivity contribution in [3.8, 4) is 5.75 Å². The molecule has 2 heterocycles. The molecular weight excluding hydrogens is 350 g/mol. The predicted molar refractivity (Wildman–Crippen MR) is 87.7 cm³/mol. The number of nitrogens with zero attached hydrogens (tertiary/aromatic N) is 1. The summed E-state index contributed by atoms with van der Waals surface area (Å²) in [4.78, 5) is 25.2. The highest BCUT2D eigenvalue weighted by molar-refractivity contribution is 7.89. The quantitative estimate of drug-likeness (QED) is 0.743. The summed E-state index contributed by atoms with van der Waals surface area (Å²) in [5, 5.41) is 2.59. The Balaban J connectivity index is 1.69. The van der Waals surface area contributed by atoms with Crippen molar-refractivity contribution in [2.75, 3.05) is 38.2 Å². The fourth-order valence-corrected chi connectivity index (χ4v) is 3.52. The van der Waals surface area contributed by atoms with Crippen molar-refractivity contribution in [2.24, 2.45) is 0 Å². The van der Waals surface area contributed by atoms with Gasteiger partial charge in [-0.3, -0.25) is 9.59 Å². The summed E-state index contributed by atoms with van der Waals surface area (Å²) in [7, 11) is -3.89. The maximum atomic E-state index is 12.4. The molecule has 0 aliphatic carbocycles. The maximum Gasteiger partial charge on any atom is 0.265 e. The Labute approximate surface area is 145 Å². The van der Waals surface area contributed by atoms with Crippen LogP contribution in [0.3, 0.4) is 0 Å². The lowest BCUT2D eigenvalue weighted by molar-refractivity contribution is -0.133. The number of carbonyl (C=O) groups excluding carboxylic acids is 2. The molecule has 2 aliphatic heterocycles. The van der Waals surface area contributed by atoms with Gasteiger partial charge in [0.2, 0.25) is 15.9 Å². The van der Waals surface area contributed by atoms with Gasteiger partial charge in [-0.2, -0.15) is 0 Å². The van der Waals surface area contributed by atoms with E-state index in [-0.39, 0.29) is 28.9 Å². The normalized spacial score (nSPS) is 20.4. The van der Waals surface area contributed by atoms with Crippen LogP contribution in [-0.2, 0) is 24.3 Å². The molecule has 1 saturated heterocycles. The molecule has 0 aromatic heterocycles. The number of carbonyl (C=O) groups is 2. The average Bonchev–Trinajstić information content (AvgIpc) is 2.61. The third-order valence-electron chi connectivity index (χ3n) is 3.97. The number of morpholine rings is 1. The van der Waals surface area contributed by atoms with E-state index in [2.05, 4.69) is 10.0 Å². The lowest BCUT2D eigenvalue weighted by Gasteiger charge is -2.27. The Kier molecular flexibility index (Phi) is 4.93. The number of anilines is 1. The first-order chi connectivity index (χ1) is 11.9. The Hall–Kier alpha value is -2.17. The first-order valence-corrected chi connectivity index (χ1v) is 9.32. The molecule has 136 valence electrons. The minimum absolute atomic E-state index is 0.0560. The Morgan fingerprint density at radius 1 is 1.36 bits per heavy atom. The predicted octanol–water partition coefficient (Wildman–Crippen LogP) is -0.457. The van der Waals surface area contributed by atoms with E-state index >= 15 is 0 Å². The minimum atomic E-state index is -3.89. The molecular formula is C15H19N3O6S. The van der Waals surface area contributed by atoms with Crippen LogP contribution in [0.2, 0.25) is 0 Å². The van der Waals surface area contributed by atoms with Crippen molar-refractivity contribution in [1.82, 2.24) is 9.62 Å². The van der Waals surface area contributed by atoms with Crippen LogP contribution in [0, 0.1) is 0 Å². The first kappa shape index (κ1) is 17.6. The van der Waals surface area contributed by atoms with E-state index in [1.54, 1.807) is 11.8 Å². The van der Waals surface area contributed by atoms with E-state index in [1.165, 1.54) is 18.2 Å². The van der Waals surface area contributed by atoms with Gasteiger partial charge in [-0.1, -0.05) is 0 Å². The number of hydrogen-bond donors (Lipinski definition) is 2. The zero-order valence-corrected chi connectivity index (χ0v) is 14.5. The van der Waals surface area contributed by atoms with Crippen molar-refractivity contribution in [3.05, 3.63) is 18.2 Å². The molecule has 1 atom stereocenters. The SMILES string of the molecule is C[C@@H]1Oc2ccc(S(=O)(=O)NCC(=O)N3CCOCC3)cc2NC1=O. The van der Waals surface area contributed by atoms with Crippen molar-refractivity contribution in [3.63, 3.8) is 0 Å². The zero-order valence-electron chi connectivity index (χ0n) is 13.6. The molecule has 0 bridgehead atoms. The molecule has 3 rings (SSSR count). The molecule has 0 saturated carbocycles. The highest BCUT2D eigenvalue weighted by Gasteiger charge is 2.26. The van der Waals surface area contributed by atoms with Crippen LogP contribution in [0.5, 0.6) is 5.75 Å². The monoisotopic (exact) mass is 369 g/mol. The van der Waals surface area contributed by atoms with E-state index in [4.69, 9.17) is 9.47 Å². The number of ether oxygens (including phenoxy) is 2. The second-order valence-corrected chi connectivity index (χ2v) is 7.49. The zero-order chi connectivity index (χ0) is 18.0. The van der Waals surface area contributed by atoms with Crippen LogP contribution < -0.4 is 14.8 Å². The second-order valence-electron chi connectivity index (χ2n) is 5.73. The lowest BCUT2D eigenvalue weighted by atomic mass is 10.2. The summed E-state index contributed by atoms with van der Waals surface area (Å²) < 4.78 is 37.6. The number of amides is 2. The fourth-order valence-electron chi connectivity index (χ4n) is 2.52. The Morgan fingerprint density at radius 2 is 2.08 bits per heavy atom. The van der Waals surface area contributed by atoms with Gasteiger partial charge < -0.3 is 19.7 Å². The summed E-state index contributed by atoms with van der Waals surface area (Å²) in [5.74, 6) is -0.261.